The van der Waals surface area contributed by atoms with Crippen LogP contribution in [0.25, 0.3) is 0 Å². The van der Waals surface area contributed by atoms with Gasteiger partial charge in [0, 0.05) is 12.0 Å². The maximum absolute atomic E-state index is 11.4. The quantitative estimate of drug-likeness (QED) is 0.650. The second kappa shape index (κ2) is 3.01. The summed E-state index contributed by atoms with van der Waals surface area (Å²) in [7, 11) is 0. The molecule has 2 aliphatic rings. The van der Waals surface area contributed by atoms with E-state index in [0.29, 0.717) is 17.9 Å². The summed E-state index contributed by atoms with van der Waals surface area (Å²) in [5.41, 5.74) is -0.399. The first kappa shape index (κ1) is 9.56. The number of amides is 1. The molecule has 0 aromatic carbocycles. The van der Waals surface area contributed by atoms with Gasteiger partial charge in [-0.2, -0.15) is 0 Å². The maximum Gasteiger partial charge on any atom is 0.407 e. The third-order valence-corrected chi connectivity index (χ3v) is 2.68. The van der Waals surface area contributed by atoms with Gasteiger partial charge in [-0.15, -0.1) is 0 Å². The van der Waals surface area contributed by atoms with Crippen molar-refractivity contribution in [1.29, 1.82) is 0 Å². The van der Waals surface area contributed by atoms with E-state index in [1.54, 1.807) is 0 Å². The highest BCUT2D eigenvalue weighted by atomic mass is 16.6. The zero-order valence-electron chi connectivity index (χ0n) is 8.91. The van der Waals surface area contributed by atoms with E-state index in [1.165, 1.54) is 0 Å². The fourth-order valence-electron chi connectivity index (χ4n) is 2.01. The van der Waals surface area contributed by atoms with Gasteiger partial charge in [-0.25, -0.2) is 4.79 Å². The molecule has 0 bridgehead atoms. The molecule has 0 spiro atoms. The smallest absolute Gasteiger partial charge is 0.407 e. The van der Waals surface area contributed by atoms with E-state index in [1.807, 2.05) is 20.8 Å². The highest BCUT2D eigenvalue weighted by molar-refractivity contribution is 5.69. The monoisotopic (exact) mass is 195 g/mol. The molecule has 1 fully saturated rings. The summed E-state index contributed by atoms with van der Waals surface area (Å²) in [4.78, 5) is 11.4. The Labute approximate surface area is 84.5 Å². The van der Waals surface area contributed by atoms with Crippen molar-refractivity contribution in [2.75, 3.05) is 0 Å². The Morgan fingerprint density at radius 2 is 2.21 bits per heavy atom. The number of carbonyl (C=O) groups is 1. The van der Waals surface area contributed by atoms with E-state index in [2.05, 4.69) is 17.5 Å². The van der Waals surface area contributed by atoms with Gasteiger partial charge in [-0.1, -0.05) is 12.2 Å². The van der Waals surface area contributed by atoms with Gasteiger partial charge in [0.2, 0.25) is 0 Å². The predicted octanol–water partition coefficient (Wildman–Crippen LogP) is 2.09. The zero-order valence-corrected chi connectivity index (χ0v) is 8.91. The molecule has 2 aliphatic carbocycles. The molecule has 3 atom stereocenters. The summed E-state index contributed by atoms with van der Waals surface area (Å²) < 4.78 is 5.18. The van der Waals surface area contributed by atoms with E-state index in [0.717, 1.165) is 6.42 Å². The fourth-order valence-corrected chi connectivity index (χ4v) is 2.01. The zero-order chi connectivity index (χ0) is 10.3. The highest BCUT2D eigenvalue weighted by Crippen LogP contribution is 2.47. The topological polar surface area (TPSA) is 38.3 Å². The number of carbonyl (C=O) groups excluding carboxylic acids is 1. The van der Waals surface area contributed by atoms with Crippen LogP contribution in [0.4, 0.5) is 4.79 Å². The van der Waals surface area contributed by atoms with Crippen molar-refractivity contribution in [1.82, 2.24) is 5.32 Å². The Kier molecular flexibility index (Phi) is 2.05. The van der Waals surface area contributed by atoms with Crippen LogP contribution in [-0.4, -0.2) is 17.7 Å². The number of fused-ring (bicyclic) bond motifs is 1. The van der Waals surface area contributed by atoms with Crippen LogP contribution in [0.3, 0.4) is 0 Å². The van der Waals surface area contributed by atoms with E-state index in [9.17, 15) is 4.79 Å². The van der Waals surface area contributed by atoms with Crippen LogP contribution < -0.4 is 5.32 Å². The molecular formula is C11H17NO2. The molecule has 78 valence electrons. The first-order valence-electron chi connectivity index (χ1n) is 5.13. The average molecular weight is 195 g/mol. The number of ether oxygens (including phenoxy) is 1. The molecular weight excluding hydrogens is 178 g/mol. The Morgan fingerprint density at radius 3 is 2.71 bits per heavy atom. The molecule has 3 heteroatoms. The number of hydrogen-bond acceptors (Lipinski definition) is 2. The minimum Gasteiger partial charge on any atom is -0.444 e. The summed E-state index contributed by atoms with van der Waals surface area (Å²) in [5.74, 6) is 1.21. The van der Waals surface area contributed by atoms with Crippen LogP contribution in [0.15, 0.2) is 12.2 Å². The molecule has 0 heterocycles. The van der Waals surface area contributed by atoms with Crippen molar-refractivity contribution in [2.24, 2.45) is 11.8 Å². The SMILES string of the molecule is CC(C)(C)OC(=O)N[C@H]1[C@@H]2C=CC[C@@H]21. The minimum atomic E-state index is -0.399. The largest absolute Gasteiger partial charge is 0.444 e. The molecule has 1 saturated carbocycles. The normalized spacial score (nSPS) is 33.8. The lowest BCUT2D eigenvalue weighted by atomic mass is 10.2. The first-order valence-corrected chi connectivity index (χ1v) is 5.13. The molecule has 1 amide bonds. The number of hydrogen-bond donors (Lipinski definition) is 1. The first-order chi connectivity index (χ1) is 6.47. The van der Waals surface area contributed by atoms with Crippen LogP contribution in [-0.2, 0) is 4.74 Å². The van der Waals surface area contributed by atoms with Gasteiger partial charge >= 0.3 is 6.09 Å². The van der Waals surface area contributed by atoms with Crippen LogP contribution in [0.2, 0.25) is 0 Å². The van der Waals surface area contributed by atoms with Crippen LogP contribution >= 0.6 is 0 Å². The minimum absolute atomic E-state index is 0.287. The van der Waals surface area contributed by atoms with E-state index in [4.69, 9.17) is 4.74 Å². The highest BCUT2D eigenvalue weighted by Gasteiger charge is 2.51. The number of alkyl carbamates (subject to hydrolysis) is 1. The van der Waals surface area contributed by atoms with Gasteiger partial charge in [-0.3, -0.25) is 0 Å². The molecule has 0 radical (unpaired) electrons. The standard InChI is InChI=1S/C11H17NO2/c1-11(2,3)14-10(13)12-9-7-5-4-6-8(7)9/h4-5,7-9H,6H2,1-3H3,(H,12,13)/t7-,8+,9+/m1/s1. The molecule has 14 heavy (non-hydrogen) atoms. The number of nitrogens with one attached hydrogen (secondary N) is 1. The van der Waals surface area contributed by atoms with Gasteiger partial charge in [0.25, 0.3) is 0 Å². The summed E-state index contributed by atoms with van der Waals surface area (Å²) in [6, 6.07) is 0.329. The van der Waals surface area contributed by atoms with Gasteiger partial charge < -0.3 is 10.1 Å². The third kappa shape index (κ3) is 1.91. The second-order valence-electron chi connectivity index (χ2n) is 5.08. The molecule has 0 aromatic rings. The van der Waals surface area contributed by atoms with Crippen molar-refractivity contribution in [3.8, 4) is 0 Å². The van der Waals surface area contributed by atoms with Gasteiger partial charge in [0.15, 0.2) is 0 Å². The second-order valence-corrected chi connectivity index (χ2v) is 5.08. The lowest BCUT2D eigenvalue weighted by Crippen LogP contribution is -2.35. The fraction of sp³-hybridized carbons (Fsp3) is 0.727. The van der Waals surface area contributed by atoms with E-state index < -0.39 is 5.60 Å². The molecule has 0 saturated heterocycles. The Morgan fingerprint density at radius 1 is 1.50 bits per heavy atom. The third-order valence-electron chi connectivity index (χ3n) is 2.68. The maximum atomic E-state index is 11.4. The van der Waals surface area contributed by atoms with Crippen molar-refractivity contribution in [3.05, 3.63) is 12.2 Å². The molecule has 2 rings (SSSR count). The van der Waals surface area contributed by atoms with E-state index in [-0.39, 0.29) is 6.09 Å². The lowest BCUT2D eigenvalue weighted by Gasteiger charge is -2.19. The molecule has 0 aliphatic heterocycles. The summed E-state index contributed by atoms with van der Waals surface area (Å²) in [5, 5.41) is 2.90. The Balaban J connectivity index is 1.77. The Bertz CT molecular complexity index is 278. The Hall–Kier alpha value is -0.990. The van der Waals surface area contributed by atoms with Crippen LogP contribution in [0.5, 0.6) is 0 Å². The molecule has 0 aromatic heterocycles. The van der Waals surface area contributed by atoms with Gasteiger partial charge in [0.1, 0.15) is 5.60 Å². The predicted molar refractivity (Wildman–Crippen MR) is 53.9 cm³/mol. The van der Waals surface area contributed by atoms with Crippen molar-refractivity contribution in [3.63, 3.8) is 0 Å². The summed E-state index contributed by atoms with van der Waals surface area (Å²) in [6.45, 7) is 5.63. The molecule has 3 nitrogen and oxygen atoms in total. The van der Waals surface area contributed by atoms with Crippen molar-refractivity contribution < 1.29 is 9.53 Å². The van der Waals surface area contributed by atoms with E-state index >= 15 is 0 Å². The van der Waals surface area contributed by atoms with Crippen LogP contribution in [0.1, 0.15) is 27.2 Å². The summed E-state index contributed by atoms with van der Waals surface area (Å²) >= 11 is 0. The van der Waals surface area contributed by atoms with Crippen LogP contribution in [0, 0.1) is 11.8 Å². The lowest BCUT2D eigenvalue weighted by molar-refractivity contribution is 0.0519. The van der Waals surface area contributed by atoms with Gasteiger partial charge in [0.05, 0.1) is 0 Å². The molecule has 0 unspecified atom stereocenters. The number of rotatable bonds is 1. The van der Waals surface area contributed by atoms with Crippen molar-refractivity contribution in [2.45, 2.75) is 38.8 Å². The molecule has 1 N–H and O–H groups in total. The summed E-state index contributed by atoms with van der Waals surface area (Å²) in [6.07, 6.45) is 5.19. The number of allylic oxidation sites excluding steroid dienone is 1. The van der Waals surface area contributed by atoms with Gasteiger partial charge in [-0.05, 0) is 33.1 Å². The van der Waals surface area contributed by atoms with Crippen molar-refractivity contribution >= 4 is 6.09 Å². The average Bonchev–Trinajstić information content (AvgIpc) is 2.50.